The fourth-order valence-electron chi connectivity index (χ4n) is 4.66. The number of hydrogen-bond acceptors (Lipinski definition) is 5. The average molecular weight is 464 g/mol. The van der Waals surface area contributed by atoms with Gasteiger partial charge in [0.25, 0.3) is 0 Å². The Morgan fingerprint density at radius 3 is 2.61 bits per heavy atom. The van der Waals surface area contributed by atoms with Crippen molar-refractivity contribution in [3.63, 3.8) is 0 Å². The average Bonchev–Trinajstić information content (AvgIpc) is 3.53. The second-order valence-corrected chi connectivity index (χ2v) is 9.04. The van der Waals surface area contributed by atoms with Gasteiger partial charge >= 0.3 is 6.18 Å². The molecule has 33 heavy (non-hydrogen) atoms. The third kappa shape index (κ3) is 5.10. The number of piperazine rings is 1. The molecule has 2 aliphatic heterocycles. The molecule has 2 atom stereocenters. The van der Waals surface area contributed by atoms with Crippen LogP contribution in [0.25, 0.3) is 0 Å². The van der Waals surface area contributed by atoms with Gasteiger partial charge in [0.2, 0.25) is 11.8 Å². The molecule has 0 spiro atoms. The van der Waals surface area contributed by atoms with Crippen molar-refractivity contribution in [1.29, 1.82) is 0 Å². The highest BCUT2D eigenvalue weighted by molar-refractivity contribution is 5.79. The number of benzene rings is 1. The van der Waals surface area contributed by atoms with Gasteiger partial charge in [-0.05, 0) is 36.6 Å². The van der Waals surface area contributed by atoms with Crippen molar-refractivity contribution in [3.8, 4) is 5.88 Å². The summed E-state index contributed by atoms with van der Waals surface area (Å²) in [4.78, 5) is 25.4. The second-order valence-electron chi connectivity index (χ2n) is 9.04. The van der Waals surface area contributed by atoms with Gasteiger partial charge in [-0.1, -0.05) is 0 Å². The predicted molar refractivity (Wildman–Crippen MR) is 110 cm³/mol. The Labute approximate surface area is 188 Å². The number of rotatable bonds is 5. The fourth-order valence-corrected chi connectivity index (χ4v) is 4.66. The highest BCUT2D eigenvalue weighted by Crippen LogP contribution is 2.38. The normalized spacial score (nSPS) is 23.5. The van der Waals surface area contributed by atoms with Crippen LogP contribution in [0, 0.1) is 5.82 Å². The third-order valence-corrected chi connectivity index (χ3v) is 6.50. The van der Waals surface area contributed by atoms with Gasteiger partial charge < -0.3 is 9.64 Å². The summed E-state index contributed by atoms with van der Waals surface area (Å²) in [5, 5.41) is 0. The maximum atomic E-state index is 13.7. The van der Waals surface area contributed by atoms with E-state index < -0.39 is 17.6 Å². The maximum absolute atomic E-state index is 13.7. The Bertz CT molecular complexity index is 1030. The third-order valence-electron chi connectivity index (χ3n) is 6.50. The Morgan fingerprint density at radius 2 is 1.91 bits per heavy atom. The van der Waals surface area contributed by atoms with Crippen LogP contribution in [0.3, 0.4) is 0 Å². The molecule has 10 heteroatoms. The minimum Gasteiger partial charge on any atom is -0.472 e. The molecule has 1 saturated carbocycles. The number of fused-ring (bicyclic) bond motifs is 1. The lowest BCUT2D eigenvalue weighted by molar-refractivity contribution is -0.138. The quantitative estimate of drug-likeness (QED) is 0.635. The number of aromatic nitrogens is 2. The van der Waals surface area contributed by atoms with Crippen molar-refractivity contribution in [1.82, 2.24) is 19.8 Å². The molecule has 2 saturated heterocycles. The first-order valence-electron chi connectivity index (χ1n) is 11.1. The van der Waals surface area contributed by atoms with Gasteiger partial charge in [0.1, 0.15) is 11.9 Å². The summed E-state index contributed by atoms with van der Waals surface area (Å²) in [5.41, 5.74) is -0.0595. The molecule has 3 fully saturated rings. The monoisotopic (exact) mass is 464 g/mol. The van der Waals surface area contributed by atoms with E-state index in [-0.39, 0.29) is 30.0 Å². The van der Waals surface area contributed by atoms with Gasteiger partial charge in [-0.15, -0.1) is 0 Å². The number of ether oxygens (including phenoxy) is 1. The highest BCUT2D eigenvalue weighted by Gasteiger charge is 2.39. The topological polar surface area (TPSA) is 58.6 Å². The summed E-state index contributed by atoms with van der Waals surface area (Å²) < 4.78 is 58.5. The molecule has 176 valence electrons. The Morgan fingerprint density at radius 1 is 1.09 bits per heavy atom. The first-order chi connectivity index (χ1) is 15.7. The zero-order valence-corrected chi connectivity index (χ0v) is 17.9. The first-order valence-corrected chi connectivity index (χ1v) is 11.1. The van der Waals surface area contributed by atoms with Crippen molar-refractivity contribution in [2.24, 2.45) is 0 Å². The zero-order chi connectivity index (χ0) is 23.2. The molecule has 1 aromatic heterocycles. The maximum Gasteiger partial charge on any atom is 0.416 e. The summed E-state index contributed by atoms with van der Waals surface area (Å²) in [6, 6.07) is 2.37. The summed E-state index contributed by atoms with van der Waals surface area (Å²) >= 11 is 0. The van der Waals surface area contributed by atoms with E-state index in [0.717, 1.165) is 37.2 Å². The number of nitrogens with zero attached hydrogens (tertiary/aromatic N) is 4. The number of carbonyl (C=O) groups is 1. The van der Waals surface area contributed by atoms with Gasteiger partial charge in [0, 0.05) is 44.6 Å². The van der Waals surface area contributed by atoms with E-state index in [2.05, 4.69) is 14.9 Å². The van der Waals surface area contributed by atoms with Crippen LogP contribution in [-0.4, -0.2) is 64.0 Å². The minimum absolute atomic E-state index is 0.0237. The van der Waals surface area contributed by atoms with E-state index in [0.29, 0.717) is 43.9 Å². The van der Waals surface area contributed by atoms with E-state index in [4.69, 9.17) is 4.74 Å². The molecule has 0 radical (unpaired) electrons. The van der Waals surface area contributed by atoms with Crippen molar-refractivity contribution in [2.75, 3.05) is 26.2 Å². The molecule has 1 amide bonds. The minimum atomic E-state index is -4.66. The van der Waals surface area contributed by atoms with Crippen LogP contribution in [0.4, 0.5) is 17.6 Å². The van der Waals surface area contributed by atoms with Crippen molar-refractivity contribution in [3.05, 3.63) is 53.2 Å². The summed E-state index contributed by atoms with van der Waals surface area (Å²) in [5.74, 6) is -0.285. The molecule has 0 unspecified atom stereocenters. The molecule has 0 bridgehead atoms. The van der Waals surface area contributed by atoms with E-state index in [1.807, 2.05) is 0 Å². The van der Waals surface area contributed by atoms with Crippen molar-refractivity contribution >= 4 is 5.91 Å². The van der Waals surface area contributed by atoms with E-state index in [9.17, 15) is 22.4 Å². The van der Waals surface area contributed by atoms with E-state index in [1.165, 1.54) is 0 Å². The molecule has 1 aliphatic carbocycles. The van der Waals surface area contributed by atoms with Crippen LogP contribution in [0.5, 0.6) is 5.88 Å². The molecule has 3 aliphatic rings. The number of halogens is 4. The molecule has 1 aromatic carbocycles. The number of hydrogen-bond donors (Lipinski definition) is 0. The van der Waals surface area contributed by atoms with E-state index in [1.54, 1.807) is 17.3 Å². The van der Waals surface area contributed by atoms with Crippen LogP contribution < -0.4 is 4.74 Å². The van der Waals surface area contributed by atoms with Gasteiger partial charge in [-0.2, -0.15) is 13.2 Å². The lowest BCUT2D eigenvalue weighted by atomic mass is 10.1. The van der Waals surface area contributed by atoms with Gasteiger partial charge in [0.05, 0.1) is 30.1 Å². The summed E-state index contributed by atoms with van der Waals surface area (Å²) in [7, 11) is 0. The predicted octanol–water partition coefficient (Wildman–Crippen LogP) is 3.42. The second kappa shape index (κ2) is 8.55. The first kappa shape index (κ1) is 22.1. The van der Waals surface area contributed by atoms with Crippen molar-refractivity contribution in [2.45, 2.75) is 49.9 Å². The molecular formula is C23H24F4N4O2. The highest BCUT2D eigenvalue weighted by atomic mass is 19.4. The molecule has 6 nitrogen and oxygen atoms in total. The van der Waals surface area contributed by atoms with Gasteiger partial charge in [-0.25, -0.2) is 9.37 Å². The van der Waals surface area contributed by atoms with Crippen LogP contribution >= 0.6 is 0 Å². The van der Waals surface area contributed by atoms with Crippen LogP contribution in [0.1, 0.15) is 42.0 Å². The SMILES string of the molecule is O=C(Cc1cc(F)cc(C(F)(F)F)c1)N1CCN2C[C@H](Oc3cnc(C4CC4)cn3)C[C@H]2C1. The van der Waals surface area contributed by atoms with Crippen LogP contribution in [-0.2, 0) is 17.4 Å². The smallest absolute Gasteiger partial charge is 0.416 e. The number of carbonyl (C=O) groups excluding carboxylic acids is 1. The zero-order valence-electron chi connectivity index (χ0n) is 17.9. The Balaban J connectivity index is 1.17. The van der Waals surface area contributed by atoms with Gasteiger partial charge in [0.15, 0.2) is 0 Å². The van der Waals surface area contributed by atoms with Crippen molar-refractivity contribution < 1.29 is 27.1 Å². The Hall–Kier alpha value is -2.75. The number of alkyl halides is 3. The molecule has 0 N–H and O–H groups in total. The standard InChI is InChI=1S/C23H24F4N4O2/c24-17-6-14(5-16(8-17)23(25,26)27)7-22(32)31-4-3-30-13-19(9-18(30)12-31)33-21-11-28-20(10-29-21)15-1-2-15/h5-6,8,10-11,15,18-19H,1-4,7,9,12-13H2/t18-,19+/m0/s1. The van der Waals surface area contributed by atoms with Crippen LogP contribution in [0.15, 0.2) is 30.6 Å². The molecule has 3 heterocycles. The van der Waals surface area contributed by atoms with Gasteiger partial charge in [-0.3, -0.25) is 14.7 Å². The lowest BCUT2D eigenvalue weighted by Gasteiger charge is -2.37. The number of amides is 1. The lowest BCUT2D eigenvalue weighted by Crippen LogP contribution is -2.52. The molecular weight excluding hydrogens is 440 g/mol. The Kier molecular flexibility index (Phi) is 5.72. The largest absolute Gasteiger partial charge is 0.472 e. The molecule has 5 rings (SSSR count). The van der Waals surface area contributed by atoms with E-state index >= 15 is 0 Å². The van der Waals surface area contributed by atoms with Crippen LogP contribution in [0.2, 0.25) is 0 Å². The summed E-state index contributed by atoms with van der Waals surface area (Å²) in [6.07, 6.45) is 1.47. The molecule has 2 aromatic rings. The fraction of sp³-hybridized carbons (Fsp3) is 0.522. The summed E-state index contributed by atoms with van der Waals surface area (Å²) in [6.45, 7) is 2.31.